The van der Waals surface area contributed by atoms with Gasteiger partial charge in [0.2, 0.25) is 5.56 Å². The van der Waals surface area contributed by atoms with E-state index in [0.29, 0.717) is 0 Å². The highest BCUT2D eigenvalue weighted by molar-refractivity contribution is 5.46. The van der Waals surface area contributed by atoms with Gasteiger partial charge in [-0.2, -0.15) is 0 Å². The molecule has 0 amide bonds. The van der Waals surface area contributed by atoms with Crippen LogP contribution >= 0.6 is 0 Å². The fraction of sp³-hybridized carbons (Fsp3) is 0.533. The number of fused-ring (bicyclic) bond motifs is 2. The summed E-state index contributed by atoms with van der Waals surface area (Å²) in [6.45, 7) is 4.23. The molecule has 4 nitrogen and oxygen atoms in total. The van der Waals surface area contributed by atoms with Gasteiger partial charge in [0.05, 0.1) is 11.6 Å². The number of pyridine rings is 1. The van der Waals surface area contributed by atoms with E-state index in [0.717, 1.165) is 24.1 Å². The minimum Gasteiger partial charge on any atom is -0.363 e. The normalized spacial score (nSPS) is 42.8. The molecule has 3 aliphatic rings. The summed E-state index contributed by atoms with van der Waals surface area (Å²) >= 11 is 0. The molecule has 0 radical (unpaired) electrons. The zero-order chi connectivity index (χ0) is 13.4. The number of nitrogens with two attached hydrogens (primary N) is 1. The van der Waals surface area contributed by atoms with E-state index in [2.05, 4.69) is 24.9 Å². The Balaban J connectivity index is 1.99. The summed E-state index contributed by atoms with van der Waals surface area (Å²) in [5.41, 5.74) is 9.33. The van der Waals surface area contributed by atoms with Gasteiger partial charge in [0, 0.05) is 17.7 Å². The van der Waals surface area contributed by atoms with Crippen LogP contribution in [0.5, 0.6) is 0 Å². The molecule has 1 aromatic rings. The molecule has 0 saturated carbocycles. The Morgan fingerprint density at radius 1 is 1.47 bits per heavy atom. The highest BCUT2D eigenvalue weighted by Crippen LogP contribution is 2.62. The van der Waals surface area contributed by atoms with Crippen LogP contribution in [0.25, 0.3) is 0 Å². The highest BCUT2D eigenvalue weighted by atomic mass is 16.6. The smallest absolute Gasteiger partial charge is 0.248 e. The Hall–Kier alpha value is -1.39. The van der Waals surface area contributed by atoms with Gasteiger partial charge in [0.25, 0.3) is 0 Å². The minimum absolute atomic E-state index is 0.0539. The lowest BCUT2D eigenvalue weighted by Gasteiger charge is -2.48. The van der Waals surface area contributed by atoms with Crippen molar-refractivity contribution >= 4 is 0 Å². The van der Waals surface area contributed by atoms with Crippen LogP contribution in [0, 0.1) is 5.92 Å². The maximum Gasteiger partial charge on any atom is 0.248 e. The van der Waals surface area contributed by atoms with E-state index < -0.39 is 5.54 Å². The van der Waals surface area contributed by atoms with Gasteiger partial charge in [-0.3, -0.25) is 4.79 Å². The molecule has 4 heteroatoms. The summed E-state index contributed by atoms with van der Waals surface area (Å²) < 4.78 is 5.99. The molecule has 3 N–H and O–H groups in total. The third kappa shape index (κ3) is 1.19. The molecule has 1 saturated heterocycles. The van der Waals surface area contributed by atoms with E-state index >= 15 is 0 Å². The van der Waals surface area contributed by atoms with Crippen molar-refractivity contribution in [3.8, 4) is 0 Å². The van der Waals surface area contributed by atoms with Crippen molar-refractivity contribution in [3.63, 3.8) is 0 Å². The number of H-pyrrole nitrogens is 1. The lowest BCUT2D eigenvalue weighted by Crippen LogP contribution is -2.60. The van der Waals surface area contributed by atoms with Crippen LogP contribution in [-0.4, -0.2) is 16.7 Å². The Morgan fingerprint density at radius 3 is 2.89 bits per heavy atom. The number of ether oxygens (including phenoxy) is 1. The molecule has 19 heavy (non-hydrogen) atoms. The zero-order valence-electron chi connectivity index (χ0n) is 11.2. The van der Waals surface area contributed by atoms with E-state index in [4.69, 9.17) is 10.5 Å². The second-order valence-corrected chi connectivity index (χ2v) is 6.24. The van der Waals surface area contributed by atoms with Gasteiger partial charge in [0.1, 0.15) is 5.60 Å². The third-order valence-corrected chi connectivity index (χ3v) is 5.12. The summed E-state index contributed by atoms with van der Waals surface area (Å²) in [5, 5.41) is 0. The second-order valence-electron chi connectivity index (χ2n) is 6.24. The highest BCUT2D eigenvalue weighted by Gasteiger charge is 2.72. The molecule has 0 aromatic carbocycles. The lowest BCUT2D eigenvalue weighted by molar-refractivity contribution is 0.107. The van der Waals surface area contributed by atoms with Gasteiger partial charge in [-0.05, 0) is 38.3 Å². The van der Waals surface area contributed by atoms with E-state index in [-0.39, 0.29) is 23.2 Å². The summed E-state index contributed by atoms with van der Waals surface area (Å²) in [6, 6.07) is 3.46. The first kappa shape index (κ1) is 11.4. The molecule has 4 rings (SSSR count). The van der Waals surface area contributed by atoms with Crippen LogP contribution in [-0.2, 0) is 16.7 Å². The molecule has 1 spiro atoms. The number of nitrogens with one attached hydrogen (secondary N) is 1. The van der Waals surface area contributed by atoms with Crippen molar-refractivity contribution in [3.05, 3.63) is 45.4 Å². The van der Waals surface area contributed by atoms with E-state index in [1.807, 2.05) is 6.07 Å². The van der Waals surface area contributed by atoms with Crippen molar-refractivity contribution in [2.75, 3.05) is 0 Å². The zero-order valence-corrected chi connectivity index (χ0v) is 11.2. The van der Waals surface area contributed by atoms with Crippen LogP contribution < -0.4 is 11.3 Å². The number of aromatic nitrogens is 1. The molecule has 2 bridgehead atoms. The van der Waals surface area contributed by atoms with Gasteiger partial charge in [-0.15, -0.1) is 0 Å². The predicted molar refractivity (Wildman–Crippen MR) is 71.8 cm³/mol. The maximum absolute atomic E-state index is 11.5. The van der Waals surface area contributed by atoms with Crippen LogP contribution in [0.4, 0.5) is 0 Å². The van der Waals surface area contributed by atoms with Crippen molar-refractivity contribution in [1.29, 1.82) is 0 Å². The molecule has 2 heterocycles. The van der Waals surface area contributed by atoms with Gasteiger partial charge in [-0.25, -0.2) is 0 Å². The third-order valence-electron chi connectivity index (χ3n) is 5.12. The largest absolute Gasteiger partial charge is 0.363 e. The van der Waals surface area contributed by atoms with Gasteiger partial charge in [0.15, 0.2) is 0 Å². The first-order chi connectivity index (χ1) is 8.97. The van der Waals surface area contributed by atoms with Gasteiger partial charge < -0.3 is 15.5 Å². The molecule has 1 aromatic heterocycles. The quantitative estimate of drug-likeness (QED) is 0.542. The van der Waals surface area contributed by atoms with Crippen molar-refractivity contribution in [2.24, 2.45) is 11.7 Å². The Bertz CT molecular complexity index is 662. The minimum atomic E-state index is -0.506. The molecule has 1 aliphatic heterocycles. The Morgan fingerprint density at radius 2 is 2.21 bits per heavy atom. The molecule has 1 unspecified atom stereocenters. The fourth-order valence-electron chi connectivity index (χ4n) is 4.38. The number of rotatable bonds is 0. The molecule has 1 fully saturated rings. The topological polar surface area (TPSA) is 71.4 Å². The van der Waals surface area contributed by atoms with Crippen molar-refractivity contribution in [2.45, 2.75) is 43.9 Å². The first-order valence-electron chi connectivity index (χ1n) is 6.84. The van der Waals surface area contributed by atoms with Crippen LogP contribution in [0.3, 0.4) is 0 Å². The molecular weight excluding hydrogens is 240 g/mol. The summed E-state index contributed by atoms with van der Waals surface area (Å²) in [5.74, 6) is 0.270. The first-order valence-corrected chi connectivity index (χ1v) is 6.84. The SMILES string of the molecule is CC1=C[C@H]2Cc3[nH]c(=O)ccc3[C@@](N)(C1)[C@]21OC1C. The number of epoxide rings is 1. The Kier molecular flexibility index (Phi) is 1.92. The average Bonchev–Trinajstić information content (AvgIpc) is 2.97. The van der Waals surface area contributed by atoms with E-state index in [1.54, 1.807) is 6.07 Å². The van der Waals surface area contributed by atoms with E-state index in [9.17, 15) is 4.79 Å². The van der Waals surface area contributed by atoms with Gasteiger partial charge >= 0.3 is 0 Å². The molecule has 100 valence electrons. The van der Waals surface area contributed by atoms with Gasteiger partial charge in [-0.1, -0.05) is 11.6 Å². The monoisotopic (exact) mass is 258 g/mol. The average molecular weight is 258 g/mol. The second kappa shape index (κ2) is 3.19. The van der Waals surface area contributed by atoms with Crippen molar-refractivity contribution < 1.29 is 4.74 Å². The Labute approximate surface area is 111 Å². The van der Waals surface area contributed by atoms with Crippen LogP contribution in [0.15, 0.2) is 28.6 Å². The number of hydrogen-bond acceptors (Lipinski definition) is 3. The van der Waals surface area contributed by atoms with Crippen LogP contribution in [0.2, 0.25) is 0 Å². The predicted octanol–water partition coefficient (Wildman–Crippen LogP) is 1.21. The molecule has 2 aliphatic carbocycles. The van der Waals surface area contributed by atoms with E-state index in [1.165, 1.54) is 5.57 Å². The summed E-state index contributed by atoms with van der Waals surface area (Å²) in [7, 11) is 0. The summed E-state index contributed by atoms with van der Waals surface area (Å²) in [4.78, 5) is 14.5. The maximum atomic E-state index is 11.5. The van der Waals surface area contributed by atoms with Crippen LogP contribution in [0.1, 0.15) is 31.5 Å². The fourth-order valence-corrected chi connectivity index (χ4v) is 4.38. The lowest BCUT2D eigenvalue weighted by atomic mass is 9.58. The number of aromatic amines is 1. The standard InChI is InChI=1S/C15H18N2O2/c1-8-5-10-6-12-11(3-4-13(18)17-12)14(16,7-8)15(10)9(2)19-15/h3-5,9-10H,6-7,16H2,1-2H3,(H,17,18)/t9?,10-,14-,15+/m0/s1. The van der Waals surface area contributed by atoms with Crippen molar-refractivity contribution in [1.82, 2.24) is 4.98 Å². The molecule has 4 atom stereocenters. The molecular formula is C15H18N2O2. The number of hydrogen-bond donors (Lipinski definition) is 2. The summed E-state index contributed by atoms with van der Waals surface area (Å²) in [6.07, 6.45) is 4.08.